The number of nitrogens with zero attached hydrogens (tertiary/aromatic N) is 2. The molecular formula is C23H17FN2O3S. The van der Waals surface area contributed by atoms with Gasteiger partial charge in [-0.15, -0.1) is 0 Å². The second-order valence-corrected chi connectivity index (χ2v) is 7.45. The van der Waals surface area contributed by atoms with Gasteiger partial charge < -0.3 is 4.74 Å². The van der Waals surface area contributed by atoms with Crippen LogP contribution in [0, 0.1) is 5.82 Å². The summed E-state index contributed by atoms with van der Waals surface area (Å²) in [5.41, 5.74) is 2.36. The molecule has 4 aromatic rings. The predicted molar refractivity (Wildman–Crippen MR) is 115 cm³/mol. The highest BCUT2D eigenvalue weighted by molar-refractivity contribution is 7.98. The van der Waals surface area contributed by atoms with Crippen molar-refractivity contribution in [1.82, 2.24) is 9.55 Å². The van der Waals surface area contributed by atoms with Crippen molar-refractivity contribution in [2.24, 2.45) is 0 Å². The van der Waals surface area contributed by atoms with Crippen LogP contribution in [-0.2, 0) is 10.5 Å². The van der Waals surface area contributed by atoms with E-state index in [1.807, 2.05) is 18.2 Å². The normalized spacial score (nSPS) is 10.9. The van der Waals surface area contributed by atoms with E-state index in [0.29, 0.717) is 33.1 Å². The van der Waals surface area contributed by atoms with Crippen molar-refractivity contribution in [3.63, 3.8) is 0 Å². The van der Waals surface area contributed by atoms with E-state index in [9.17, 15) is 14.0 Å². The SMILES string of the molecule is COC(=O)c1ccc(CSc2nc3ccccc3c(=O)n2-c2ccc(F)cc2)cc1. The number of fused-ring (bicyclic) bond motifs is 1. The number of benzene rings is 3. The topological polar surface area (TPSA) is 61.2 Å². The number of para-hydroxylation sites is 1. The lowest BCUT2D eigenvalue weighted by molar-refractivity contribution is 0.0600. The Kier molecular flexibility index (Phi) is 5.63. The maximum Gasteiger partial charge on any atom is 0.337 e. The number of carbonyl (C=O) groups is 1. The van der Waals surface area contributed by atoms with Gasteiger partial charge in [-0.05, 0) is 54.1 Å². The zero-order chi connectivity index (χ0) is 21.1. The first-order chi connectivity index (χ1) is 14.6. The first-order valence-corrected chi connectivity index (χ1v) is 10.1. The quantitative estimate of drug-likeness (QED) is 0.268. The number of halogens is 1. The van der Waals surface area contributed by atoms with Crippen molar-refractivity contribution in [3.8, 4) is 5.69 Å². The first-order valence-electron chi connectivity index (χ1n) is 9.14. The van der Waals surface area contributed by atoms with E-state index in [0.717, 1.165) is 5.56 Å². The third-order valence-corrected chi connectivity index (χ3v) is 5.58. The van der Waals surface area contributed by atoms with Gasteiger partial charge >= 0.3 is 5.97 Å². The van der Waals surface area contributed by atoms with Gasteiger partial charge in [0.15, 0.2) is 5.16 Å². The van der Waals surface area contributed by atoms with Gasteiger partial charge in [0, 0.05) is 5.75 Å². The molecule has 0 radical (unpaired) electrons. The largest absolute Gasteiger partial charge is 0.465 e. The summed E-state index contributed by atoms with van der Waals surface area (Å²) in [5, 5.41) is 0.996. The Morgan fingerprint density at radius 2 is 1.73 bits per heavy atom. The molecule has 4 rings (SSSR count). The summed E-state index contributed by atoms with van der Waals surface area (Å²) in [4.78, 5) is 29.4. The van der Waals surface area contributed by atoms with E-state index < -0.39 is 5.97 Å². The fourth-order valence-electron chi connectivity index (χ4n) is 3.03. The van der Waals surface area contributed by atoms with Crippen molar-refractivity contribution >= 4 is 28.6 Å². The van der Waals surface area contributed by atoms with Gasteiger partial charge in [-0.25, -0.2) is 14.2 Å². The second kappa shape index (κ2) is 8.51. The highest BCUT2D eigenvalue weighted by atomic mass is 32.2. The van der Waals surface area contributed by atoms with Crippen LogP contribution in [0.3, 0.4) is 0 Å². The fraction of sp³-hybridized carbons (Fsp3) is 0.0870. The van der Waals surface area contributed by atoms with Gasteiger partial charge in [0.05, 0.1) is 29.3 Å². The van der Waals surface area contributed by atoms with Gasteiger partial charge in [0.25, 0.3) is 5.56 Å². The maximum absolute atomic E-state index is 13.4. The third kappa shape index (κ3) is 3.97. The summed E-state index contributed by atoms with van der Waals surface area (Å²) >= 11 is 1.39. The molecule has 0 saturated carbocycles. The highest BCUT2D eigenvalue weighted by Crippen LogP contribution is 2.25. The fourth-order valence-corrected chi connectivity index (χ4v) is 4.00. The van der Waals surface area contributed by atoms with Crippen LogP contribution in [-0.4, -0.2) is 22.6 Å². The molecular weight excluding hydrogens is 403 g/mol. The smallest absolute Gasteiger partial charge is 0.337 e. The molecule has 0 N–H and O–H groups in total. The molecule has 0 amide bonds. The molecule has 1 heterocycles. The monoisotopic (exact) mass is 420 g/mol. The number of carbonyl (C=O) groups excluding carboxylic acids is 1. The predicted octanol–water partition coefficient (Wildman–Crippen LogP) is 4.60. The molecule has 5 nitrogen and oxygen atoms in total. The van der Waals surface area contributed by atoms with E-state index in [4.69, 9.17) is 4.74 Å². The van der Waals surface area contributed by atoms with Crippen LogP contribution in [0.1, 0.15) is 15.9 Å². The van der Waals surface area contributed by atoms with Crippen LogP contribution >= 0.6 is 11.8 Å². The third-order valence-electron chi connectivity index (χ3n) is 4.57. The summed E-state index contributed by atoms with van der Waals surface area (Å²) in [7, 11) is 1.34. The summed E-state index contributed by atoms with van der Waals surface area (Å²) in [6, 6.07) is 19.9. The Balaban J connectivity index is 1.72. The zero-order valence-electron chi connectivity index (χ0n) is 16.0. The minimum absolute atomic E-state index is 0.212. The van der Waals surface area contributed by atoms with Gasteiger partial charge in [-0.2, -0.15) is 0 Å². The van der Waals surface area contributed by atoms with Crippen molar-refractivity contribution in [1.29, 1.82) is 0 Å². The molecule has 1 aromatic heterocycles. The molecule has 3 aromatic carbocycles. The van der Waals surface area contributed by atoms with Gasteiger partial charge in [-0.3, -0.25) is 9.36 Å². The molecule has 0 saturated heterocycles. The summed E-state index contributed by atoms with van der Waals surface area (Å²) in [5.74, 6) is -0.232. The lowest BCUT2D eigenvalue weighted by Gasteiger charge is -2.13. The number of aromatic nitrogens is 2. The van der Waals surface area contributed by atoms with Crippen molar-refractivity contribution < 1.29 is 13.9 Å². The minimum Gasteiger partial charge on any atom is -0.465 e. The van der Waals surface area contributed by atoms with E-state index in [-0.39, 0.29) is 11.4 Å². The van der Waals surface area contributed by atoms with Crippen molar-refractivity contribution in [2.75, 3.05) is 7.11 Å². The summed E-state index contributed by atoms with van der Waals surface area (Å²) in [6.45, 7) is 0. The van der Waals surface area contributed by atoms with Crippen molar-refractivity contribution in [3.05, 3.63) is 100 Å². The van der Waals surface area contributed by atoms with Crippen molar-refractivity contribution in [2.45, 2.75) is 10.9 Å². The number of ether oxygens (including phenoxy) is 1. The molecule has 0 atom stereocenters. The van der Waals surface area contributed by atoms with E-state index in [2.05, 4.69) is 4.98 Å². The molecule has 0 aliphatic rings. The average molecular weight is 420 g/mol. The van der Waals surface area contributed by atoms with Crippen LogP contribution in [0.5, 0.6) is 0 Å². The van der Waals surface area contributed by atoms with Gasteiger partial charge in [0.2, 0.25) is 0 Å². The lowest BCUT2D eigenvalue weighted by atomic mass is 10.1. The van der Waals surface area contributed by atoms with Crippen LogP contribution in [0.15, 0.2) is 82.7 Å². The van der Waals surface area contributed by atoms with Crippen LogP contribution in [0.25, 0.3) is 16.6 Å². The molecule has 30 heavy (non-hydrogen) atoms. The summed E-state index contributed by atoms with van der Waals surface area (Å²) in [6.07, 6.45) is 0. The van der Waals surface area contributed by atoms with E-state index in [1.165, 1.54) is 35.6 Å². The number of hydrogen-bond acceptors (Lipinski definition) is 5. The lowest BCUT2D eigenvalue weighted by Crippen LogP contribution is -2.21. The van der Waals surface area contributed by atoms with E-state index in [1.54, 1.807) is 42.5 Å². The Morgan fingerprint density at radius 1 is 1.03 bits per heavy atom. The zero-order valence-corrected chi connectivity index (χ0v) is 16.9. The second-order valence-electron chi connectivity index (χ2n) is 6.51. The maximum atomic E-state index is 13.4. The van der Waals surface area contributed by atoms with Crippen LogP contribution in [0.2, 0.25) is 0 Å². The molecule has 7 heteroatoms. The number of thioether (sulfide) groups is 1. The average Bonchev–Trinajstić information content (AvgIpc) is 2.78. The molecule has 0 bridgehead atoms. The first kappa shape index (κ1) is 19.8. The molecule has 0 aliphatic heterocycles. The molecule has 0 fully saturated rings. The Bertz CT molecular complexity index is 1270. The minimum atomic E-state index is -0.393. The Labute approximate surface area is 176 Å². The highest BCUT2D eigenvalue weighted by Gasteiger charge is 2.14. The number of esters is 1. The number of hydrogen-bond donors (Lipinski definition) is 0. The Morgan fingerprint density at radius 3 is 2.43 bits per heavy atom. The molecule has 0 unspecified atom stereocenters. The molecule has 0 aliphatic carbocycles. The van der Waals surface area contributed by atoms with E-state index >= 15 is 0 Å². The molecule has 0 spiro atoms. The van der Waals surface area contributed by atoms with Gasteiger partial charge in [0.1, 0.15) is 5.82 Å². The standard InChI is InChI=1S/C23H17FN2O3S/c1-29-22(28)16-8-6-15(7-9-16)14-30-23-25-20-5-3-2-4-19(20)21(27)26(23)18-12-10-17(24)11-13-18/h2-13H,14H2,1H3. The van der Waals surface area contributed by atoms with Crippen LogP contribution in [0.4, 0.5) is 4.39 Å². The Hall–Kier alpha value is -3.45. The number of rotatable bonds is 5. The van der Waals surface area contributed by atoms with Crippen LogP contribution < -0.4 is 5.56 Å². The van der Waals surface area contributed by atoms with Gasteiger partial charge in [-0.1, -0.05) is 36.0 Å². The summed E-state index contributed by atoms with van der Waals surface area (Å²) < 4.78 is 19.6. The number of methoxy groups -OCH3 is 1. The molecule has 150 valence electrons.